The van der Waals surface area contributed by atoms with E-state index in [0.29, 0.717) is 11.1 Å². The first kappa shape index (κ1) is 14.0. The van der Waals surface area contributed by atoms with Gasteiger partial charge in [-0.2, -0.15) is 0 Å². The lowest BCUT2D eigenvalue weighted by Gasteiger charge is -2.02. The molecular formula is C16H12O3S2. The summed E-state index contributed by atoms with van der Waals surface area (Å²) in [5.41, 5.74) is 1.15. The van der Waals surface area contributed by atoms with E-state index in [9.17, 15) is 13.2 Å². The van der Waals surface area contributed by atoms with Crippen LogP contribution in [0.15, 0.2) is 58.8 Å². The summed E-state index contributed by atoms with van der Waals surface area (Å²) < 4.78 is 23.9. The van der Waals surface area contributed by atoms with Gasteiger partial charge in [0.05, 0.1) is 4.90 Å². The number of carbonyl (C=O) groups is 1. The van der Waals surface area contributed by atoms with Gasteiger partial charge in [-0.15, -0.1) is 11.3 Å². The molecule has 0 radical (unpaired) electrons. The van der Waals surface area contributed by atoms with E-state index in [2.05, 4.69) is 0 Å². The second kappa shape index (κ2) is 5.09. The van der Waals surface area contributed by atoms with Gasteiger partial charge in [-0.3, -0.25) is 4.79 Å². The Morgan fingerprint density at radius 1 is 1.00 bits per heavy atom. The fraction of sp³-hybridized carbons (Fsp3) is 0.0625. The third-order valence-electron chi connectivity index (χ3n) is 3.27. The van der Waals surface area contributed by atoms with Crippen molar-refractivity contribution in [1.29, 1.82) is 0 Å². The summed E-state index contributed by atoms with van der Waals surface area (Å²) in [7, 11) is -3.24. The van der Waals surface area contributed by atoms with Crippen molar-refractivity contribution in [2.45, 2.75) is 4.90 Å². The van der Waals surface area contributed by atoms with Crippen LogP contribution in [-0.2, 0) is 9.84 Å². The third-order valence-corrected chi connectivity index (χ3v) is 5.36. The second-order valence-electron chi connectivity index (χ2n) is 4.77. The molecule has 21 heavy (non-hydrogen) atoms. The highest BCUT2D eigenvalue weighted by Crippen LogP contribution is 2.27. The molecule has 0 bridgehead atoms. The van der Waals surface area contributed by atoms with Crippen molar-refractivity contribution in [2.75, 3.05) is 6.26 Å². The van der Waals surface area contributed by atoms with E-state index in [1.807, 2.05) is 29.6 Å². The molecule has 0 aliphatic heterocycles. The van der Waals surface area contributed by atoms with Crippen LogP contribution in [0.5, 0.6) is 0 Å². The Bertz CT molecular complexity index is 920. The lowest BCUT2D eigenvalue weighted by atomic mass is 10.0. The molecule has 0 aliphatic rings. The van der Waals surface area contributed by atoms with Gasteiger partial charge in [-0.25, -0.2) is 8.42 Å². The van der Waals surface area contributed by atoms with Crippen molar-refractivity contribution in [1.82, 2.24) is 0 Å². The molecule has 106 valence electrons. The summed E-state index contributed by atoms with van der Waals surface area (Å²) in [4.78, 5) is 12.8. The van der Waals surface area contributed by atoms with Gasteiger partial charge in [-0.05, 0) is 30.3 Å². The van der Waals surface area contributed by atoms with E-state index in [4.69, 9.17) is 0 Å². The maximum atomic E-state index is 12.5. The number of benzene rings is 2. The van der Waals surface area contributed by atoms with Gasteiger partial charge in [0.2, 0.25) is 0 Å². The molecule has 0 saturated heterocycles. The highest BCUT2D eigenvalue weighted by atomic mass is 32.2. The SMILES string of the molecule is CS(=O)(=O)c1ccc(C(=O)c2csc3ccccc23)cc1. The van der Waals surface area contributed by atoms with Crippen molar-refractivity contribution in [3.05, 3.63) is 65.0 Å². The quantitative estimate of drug-likeness (QED) is 0.695. The Labute approximate surface area is 126 Å². The largest absolute Gasteiger partial charge is 0.289 e. The Morgan fingerprint density at radius 2 is 1.67 bits per heavy atom. The number of thiophene rings is 1. The smallest absolute Gasteiger partial charge is 0.194 e. The van der Waals surface area contributed by atoms with E-state index in [-0.39, 0.29) is 10.7 Å². The van der Waals surface area contributed by atoms with E-state index in [1.54, 1.807) is 12.1 Å². The van der Waals surface area contributed by atoms with Gasteiger partial charge in [0.1, 0.15) is 0 Å². The number of rotatable bonds is 3. The van der Waals surface area contributed by atoms with Crippen molar-refractivity contribution in [3.63, 3.8) is 0 Å². The molecule has 0 unspecified atom stereocenters. The van der Waals surface area contributed by atoms with E-state index in [0.717, 1.165) is 16.3 Å². The minimum absolute atomic E-state index is 0.0903. The lowest BCUT2D eigenvalue weighted by molar-refractivity contribution is 0.104. The molecule has 5 heteroatoms. The van der Waals surface area contributed by atoms with Crippen molar-refractivity contribution in [2.24, 2.45) is 0 Å². The Kier molecular flexibility index (Phi) is 3.39. The Morgan fingerprint density at radius 3 is 2.33 bits per heavy atom. The first-order valence-electron chi connectivity index (χ1n) is 6.28. The van der Waals surface area contributed by atoms with Gasteiger partial charge in [0, 0.05) is 32.8 Å². The van der Waals surface area contributed by atoms with Crippen LogP contribution in [0.4, 0.5) is 0 Å². The van der Waals surface area contributed by atoms with E-state index < -0.39 is 9.84 Å². The van der Waals surface area contributed by atoms with Gasteiger partial charge in [0.25, 0.3) is 0 Å². The maximum absolute atomic E-state index is 12.5. The molecule has 3 nitrogen and oxygen atoms in total. The van der Waals surface area contributed by atoms with Crippen molar-refractivity contribution < 1.29 is 13.2 Å². The van der Waals surface area contributed by atoms with Crippen LogP contribution in [0.1, 0.15) is 15.9 Å². The molecule has 0 atom stereocenters. The van der Waals surface area contributed by atoms with Crippen molar-refractivity contribution in [3.8, 4) is 0 Å². The molecule has 1 aromatic heterocycles. The van der Waals surface area contributed by atoms with Crippen LogP contribution in [0.25, 0.3) is 10.1 Å². The van der Waals surface area contributed by atoms with Crippen LogP contribution < -0.4 is 0 Å². The summed E-state index contributed by atoms with van der Waals surface area (Å²) in [5, 5.41) is 2.77. The van der Waals surface area contributed by atoms with E-state index in [1.165, 1.54) is 23.5 Å². The average molecular weight is 316 g/mol. The fourth-order valence-corrected chi connectivity index (χ4v) is 3.73. The summed E-state index contributed by atoms with van der Waals surface area (Å²) >= 11 is 1.53. The summed E-state index contributed by atoms with van der Waals surface area (Å²) in [5.74, 6) is -0.0903. The highest BCUT2D eigenvalue weighted by molar-refractivity contribution is 7.90. The molecule has 0 aliphatic carbocycles. The number of hydrogen-bond donors (Lipinski definition) is 0. The Hall–Kier alpha value is -1.98. The molecule has 0 N–H and O–H groups in total. The molecular weight excluding hydrogens is 304 g/mol. The maximum Gasteiger partial charge on any atom is 0.194 e. The third kappa shape index (κ3) is 2.62. The molecule has 3 aromatic rings. The monoisotopic (exact) mass is 316 g/mol. The first-order valence-corrected chi connectivity index (χ1v) is 9.05. The number of fused-ring (bicyclic) bond motifs is 1. The molecule has 3 rings (SSSR count). The number of ketones is 1. The molecule has 0 spiro atoms. The van der Waals surface area contributed by atoms with Gasteiger partial charge < -0.3 is 0 Å². The molecule has 0 amide bonds. The molecule has 0 saturated carbocycles. The van der Waals surface area contributed by atoms with Gasteiger partial charge in [0.15, 0.2) is 15.6 Å². The zero-order valence-electron chi connectivity index (χ0n) is 11.2. The first-order chi connectivity index (χ1) is 9.97. The van der Waals surface area contributed by atoms with Crippen LogP contribution in [0.2, 0.25) is 0 Å². The molecule has 1 heterocycles. The fourth-order valence-electron chi connectivity index (χ4n) is 2.16. The summed E-state index contributed by atoms with van der Waals surface area (Å²) in [6, 6.07) is 13.8. The minimum atomic E-state index is -3.24. The lowest BCUT2D eigenvalue weighted by Crippen LogP contribution is -2.02. The van der Waals surface area contributed by atoms with Crippen LogP contribution in [-0.4, -0.2) is 20.5 Å². The number of sulfone groups is 1. The van der Waals surface area contributed by atoms with Gasteiger partial charge >= 0.3 is 0 Å². The van der Waals surface area contributed by atoms with Crippen LogP contribution in [0.3, 0.4) is 0 Å². The predicted molar refractivity (Wildman–Crippen MR) is 84.8 cm³/mol. The zero-order valence-corrected chi connectivity index (χ0v) is 12.9. The Balaban J connectivity index is 2.03. The highest BCUT2D eigenvalue weighted by Gasteiger charge is 2.15. The second-order valence-corrected chi connectivity index (χ2v) is 7.70. The summed E-state index contributed by atoms with van der Waals surface area (Å²) in [6.07, 6.45) is 1.15. The molecule has 0 fully saturated rings. The normalized spacial score (nSPS) is 11.7. The summed E-state index contributed by atoms with van der Waals surface area (Å²) in [6.45, 7) is 0. The van der Waals surface area contributed by atoms with Crippen LogP contribution in [0, 0.1) is 0 Å². The van der Waals surface area contributed by atoms with E-state index >= 15 is 0 Å². The number of hydrogen-bond acceptors (Lipinski definition) is 4. The minimum Gasteiger partial charge on any atom is -0.289 e. The average Bonchev–Trinajstić information content (AvgIpc) is 2.90. The standard InChI is InChI=1S/C16H12O3S2/c1-21(18,19)12-8-6-11(7-9-12)16(17)14-10-20-15-5-3-2-4-13(14)15/h2-10H,1H3. The van der Waals surface area contributed by atoms with Crippen LogP contribution >= 0.6 is 11.3 Å². The van der Waals surface area contributed by atoms with Crippen molar-refractivity contribution >= 4 is 37.0 Å². The number of carbonyl (C=O) groups excluding carboxylic acids is 1. The van der Waals surface area contributed by atoms with Gasteiger partial charge in [-0.1, -0.05) is 18.2 Å². The topological polar surface area (TPSA) is 51.2 Å². The molecule has 2 aromatic carbocycles. The predicted octanol–water partition coefficient (Wildman–Crippen LogP) is 3.54. The zero-order chi connectivity index (χ0) is 15.0.